The van der Waals surface area contributed by atoms with Crippen LogP contribution in [0.3, 0.4) is 0 Å². The Kier molecular flexibility index (Phi) is 4.88. The molecule has 3 heteroatoms. The van der Waals surface area contributed by atoms with Gasteiger partial charge in [0.25, 0.3) is 0 Å². The van der Waals surface area contributed by atoms with E-state index in [1.54, 1.807) is 0 Å². The van der Waals surface area contributed by atoms with E-state index in [0.29, 0.717) is 6.42 Å². The normalized spacial score (nSPS) is 10.3. The highest BCUT2D eigenvalue weighted by atomic mass is 16.5. The molecule has 0 spiro atoms. The van der Waals surface area contributed by atoms with Crippen molar-refractivity contribution in [3.8, 4) is 11.1 Å². The van der Waals surface area contributed by atoms with Crippen molar-refractivity contribution in [1.29, 1.82) is 0 Å². The van der Waals surface area contributed by atoms with Gasteiger partial charge in [0.2, 0.25) is 0 Å². The minimum Gasteiger partial charge on any atom is -0.469 e. The second kappa shape index (κ2) is 6.85. The van der Waals surface area contributed by atoms with Gasteiger partial charge < -0.3 is 4.74 Å². The molecule has 20 heavy (non-hydrogen) atoms. The largest absolute Gasteiger partial charge is 0.469 e. The summed E-state index contributed by atoms with van der Waals surface area (Å²) in [6, 6.07) is 10.5. The van der Waals surface area contributed by atoms with Gasteiger partial charge >= 0.3 is 5.97 Å². The predicted molar refractivity (Wildman–Crippen MR) is 79.4 cm³/mol. The summed E-state index contributed by atoms with van der Waals surface area (Å²) < 4.78 is 4.65. The monoisotopic (exact) mass is 269 g/mol. The SMILES string of the molecule is COC(=O)CCCc1cccc(-c2cncc(C)c2)c1. The number of aromatic nitrogens is 1. The van der Waals surface area contributed by atoms with Gasteiger partial charge in [0.15, 0.2) is 0 Å². The van der Waals surface area contributed by atoms with Gasteiger partial charge in [0.05, 0.1) is 7.11 Å². The average molecular weight is 269 g/mol. The number of pyridine rings is 1. The highest BCUT2D eigenvalue weighted by molar-refractivity contribution is 5.69. The lowest BCUT2D eigenvalue weighted by Crippen LogP contribution is -2.00. The number of ether oxygens (including phenoxy) is 1. The first-order valence-corrected chi connectivity index (χ1v) is 6.77. The Morgan fingerprint density at radius 2 is 2.05 bits per heavy atom. The van der Waals surface area contributed by atoms with E-state index in [-0.39, 0.29) is 5.97 Å². The van der Waals surface area contributed by atoms with E-state index >= 15 is 0 Å². The fraction of sp³-hybridized carbons (Fsp3) is 0.294. The Labute approximate surface area is 119 Å². The molecular formula is C17H19NO2. The quantitative estimate of drug-likeness (QED) is 0.779. The molecule has 0 atom stereocenters. The lowest BCUT2D eigenvalue weighted by atomic mass is 10.0. The number of methoxy groups -OCH3 is 1. The third kappa shape index (κ3) is 3.92. The van der Waals surface area contributed by atoms with Gasteiger partial charge in [0.1, 0.15) is 0 Å². The second-order valence-electron chi connectivity index (χ2n) is 4.88. The van der Waals surface area contributed by atoms with Crippen molar-refractivity contribution in [1.82, 2.24) is 4.98 Å². The molecule has 0 aliphatic heterocycles. The van der Waals surface area contributed by atoms with Crippen LogP contribution >= 0.6 is 0 Å². The maximum atomic E-state index is 11.1. The molecule has 1 aromatic carbocycles. The molecule has 0 aliphatic rings. The van der Waals surface area contributed by atoms with Gasteiger partial charge in [-0.1, -0.05) is 24.3 Å². The van der Waals surface area contributed by atoms with E-state index in [4.69, 9.17) is 0 Å². The molecule has 0 bridgehead atoms. The van der Waals surface area contributed by atoms with Crippen LogP contribution in [0.5, 0.6) is 0 Å². The standard InChI is InChI=1S/C17H19NO2/c1-13-9-16(12-18-11-13)15-7-3-5-14(10-15)6-4-8-17(19)20-2/h3,5,7,9-12H,4,6,8H2,1-2H3. The van der Waals surface area contributed by atoms with E-state index in [1.165, 1.54) is 12.7 Å². The highest BCUT2D eigenvalue weighted by Crippen LogP contribution is 2.21. The molecule has 1 aromatic heterocycles. The smallest absolute Gasteiger partial charge is 0.305 e. The first-order valence-electron chi connectivity index (χ1n) is 6.77. The van der Waals surface area contributed by atoms with Crippen molar-refractivity contribution < 1.29 is 9.53 Å². The zero-order chi connectivity index (χ0) is 14.4. The van der Waals surface area contributed by atoms with Crippen molar-refractivity contribution in [2.24, 2.45) is 0 Å². The van der Waals surface area contributed by atoms with Crippen molar-refractivity contribution in [2.45, 2.75) is 26.2 Å². The van der Waals surface area contributed by atoms with Crippen molar-refractivity contribution >= 4 is 5.97 Å². The number of benzene rings is 1. The molecule has 2 rings (SSSR count). The molecule has 0 saturated carbocycles. The molecule has 1 heterocycles. The Morgan fingerprint density at radius 3 is 2.80 bits per heavy atom. The number of carbonyl (C=O) groups excluding carboxylic acids is 1. The molecule has 0 unspecified atom stereocenters. The Bertz CT molecular complexity index is 593. The molecular weight excluding hydrogens is 250 g/mol. The van der Waals surface area contributed by atoms with Crippen LogP contribution in [0.25, 0.3) is 11.1 Å². The van der Waals surface area contributed by atoms with Crippen molar-refractivity contribution in [3.63, 3.8) is 0 Å². The molecule has 0 amide bonds. The number of rotatable bonds is 5. The summed E-state index contributed by atoms with van der Waals surface area (Å²) in [7, 11) is 1.42. The van der Waals surface area contributed by atoms with Crippen LogP contribution in [0, 0.1) is 6.92 Å². The number of aryl methyl sites for hydroxylation is 2. The van der Waals surface area contributed by atoms with Gasteiger partial charge in [-0.25, -0.2) is 0 Å². The van der Waals surface area contributed by atoms with Crippen molar-refractivity contribution in [2.75, 3.05) is 7.11 Å². The number of carbonyl (C=O) groups is 1. The number of hydrogen-bond acceptors (Lipinski definition) is 3. The molecule has 0 saturated heterocycles. The molecule has 0 aliphatic carbocycles. The zero-order valence-electron chi connectivity index (χ0n) is 11.9. The lowest BCUT2D eigenvalue weighted by molar-refractivity contribution is -0.140. The second-order valence-corrected chi connectivity index (χ2v) is 4.88. The first-order chi connectivity index (χ1) is 9.69. The van der Waals surface area contributed by atoms with Crippen LogP contribution in [-0.4, -0.2) is 18.1 Å². The van der Waals surface area contributed by atoms with Gasteiger partial charge in [0, 0.05) is 24.4 Å². The predicted octanol–water partition coefficient (Wildman–Crippen LogP) is 3.55. The Morgan fingerprint density at radius 1 is 1.20 bits per heavy atom. The number of esters is 1. The molecule has 0 fully saturated rings. The average Bonchev–Trinajstić information content (AvgIpc) is 2.47. The first kappa shape index (κ1) is 14.3. The van der Waals surface area contributed by atoms with Crippen LogP contribution in [0.15, 0.2) is 42.7 Å². The number of nitrogens with zero attached hydrogens (tertiary/aromatic N) is 1. The van der Waals surface area contributed by atoms with Gasteiger partial charge in [-0.05, 0) is 42.5 Å². The summed E-state index contributed by atoms with van der Waals surface area (Å²) in [6.07, 6.45) is 5.88. The van der Waals surface area contributed by atoms with Crippen LogP contribution < -0.4 is 0 Å². The van der Waals surface area contributed by atoms with Crippen LogP contribution in [-0.2, 0) is 16.0 Å². The molecule has 2 aromatic rings. The summed E-state index contributed by atoms with van der Waals surface area (Å²) in [5.41, 5.74) is 4.67. The van der Waals surface area contributed by atoms with Crippen LogP contribution in [0.1, 0.15) is 24.0 Å². The summed E-state index contributed by atoms with van der Waals surface area (Å²) in [5.74, 6) is -0.149. The van der Waals surface area contributed by atoms with E-state index in [2.05, 4.69) is 34.0 Å². The molecule has 104 valence electrons. The van der Waals surface area contributed by atoms with Crippen molar-refractivity contribution in [3.05, 3.63) is 53.9 Å². The minimum atomic E-state index is -0.149. The number of hydrogen-bond donors (Lipinski definition) is 0. The van der Waals surface area contributed by atoms with E-state index in [9.17, 15) is 4.79 Å². The zero-order valence-corrected chi connectivity index (χ0v) is 11.9. The topological polar surface area (TPSA) is 39.2 Å². The van der Waals surface area contributed by atoms with Gasteiger partial charge in [-0.2, -0.15) is 0 Å². The summed E-state index contributed by atoms with van der Waals surface area (Å²) >= 11 is 0. The Hall–Kier alpha value is -2.16. The summed E-state index contributed by atoms with van der Waals surface area (Å²) in [5, 5.41) is 0. The van der Waals surface area contributed by atoms with Crippen LogP contribution in [0.4, 0.5) is 0 Å². The minimum absolute atomic E-state index is 0.149. The maximum Gasteiger partial charge on any atom is 0.305 e. The summed E-state index contributed by atoms with van der Waals surface area (Å²) in [6.45, 7) is 2.04. The van der Waals surface area contributed by atoms with Gasteiger partial charge in [-0.3, -0.25) is 9.78 Å². The lowest BCUT2D eigenvalue weighted by Gasteiger charge is -2.06. The maximum absolute atomic E-state index is 11.1. The molecule has 0 N–H and O–H groups in total. The molecule has 0 radical (unpaired) electrons. The van der Waals surface area contributed by atoms with E-state index < -0.39 is 0 Å². The molecule has 3 nitrogen and oxygen atoms in total. The summed E-state index contributed by atoms with van der Waals surface area (Å²) in [4.78, 5) is 15.3. The van der Waals surface area contributed by atoms with E-state index in [0.717, 1.165) is 29.5 Å². The van der Waals surface area contributed by atoms with E-state index in [1.807, 2.05) is 25.4 Å². The van der Waals surface area contributed by atoms with Gasteiger partial charge in [-0.15, -0.1) is 0 Å². The third-order valence-corrected chi connectivity index (χ3v) is 3.21. The third-order valence-electron chi connectivity index (χ3n) is 3.21. The fourth-order valence-corrected chi connectivity index (χ4v) is 2.16. The fourth-order valence-electron chi connectivity index (χ4n) is 2.16. The Balaban J connectivity index is 2.06. The highest BCUT2D eigenvalue weighted by Gasteiger charge is 2.03. The van der Waals surface area contributed by atoms with Crippen LogP contribution in [0.2, 0.25) is 0 Å².